The van der Waals surface area contributed by atoms with Crippen molar-refractivity contribution < 1.29 is 10.0 Å². The van der Waals surface area contributed by atoms with Gasteiger partial charge in [-0.05, 0) is 29.6 Å². The topological polar surface area (TPSA) is 65.2 Å². The largest absolute Gasteiger partial charge is 0.488 e. The molecule has 1 rings (SSSR count). The van der Waals surface area contributed by atoms with Crippen molar-refractivity contribution in [1.29, 1.82) is 0 Å². The number of nitrogens with zero attached hydrogens (tertiary/aromatic N) is 2. The van der Waals surface area contributed by atoms with Gasteiger partial charge in [-0.15, -0.1) is 0 Å². The number of aliphatic imine (C=N–C) groups is 2. The lowest BCUT2D eigenvalue weighted by Gasteiger charge is -2.08. The third-order valence-corrected chi connectivity index (χ3v) is 3.19. The molecule has 0 fully saturated rings. The average molecular weight is 320 g/mol. The second-order valence-corrected chi connectivity index (χ2v) is 4.70. The van der Waals surface area contributed by atoms with E-state index in [9.17, 15) is 10.0 Å². The van der Waals surface area contributed by atoms with E-state index in [2.05, 4.69) is 29.7 Å². The molecule has 4 nitrogen and oxygen atoms in total. The van der Waals surface area contributed by atoms with Crippen LogP contribution in [0.1, 0.15) is 18.1 Å². The lowest BCUT2D eigenvalue weighted by atomic mass is 9.78. The first-order valence-electron chi connectivity index (χ1n) is 7.37. The van der Waals surface area contributed by atoms with Gasteiger partial charge in [-0.3, -0.25) is 9.98 Å². The van der Waals surface area contributed by atoms with E-state index in [0.717, 1.165) is 16.7 Å². The van der Waals surface area contributed by atoms with Crippen LogP contribution in [0.2, 0.25) is 0 Å². The summed E-state index contributed by atoms with van der Waals surface area (Å²) in [5, 5.41) is 18.7. The van der Waals surface area contributed by atoms with Gasteiger partial charge in [-0.25, -0.2) is 0 Å². The summed E-state index contributed by atoms with van der Waals surface area (Å²) in [6.07, 6.45) is 9.46. The van der Waals surface area contributed by atoms with Crippen LogP contribution in [-0.4, -0.2) is 29.1 Å². The van der Waals surface area contributed by atoms with Crippen molar-refractivity contribution >= 4 is 24.6 Å². The molecule has 0 saturated carbocycles. The quantitative estimate of drug-likeness (QED) is 0.438. The number of hydrogen-bond donors (Lipinski definition) is 2. The van der Waals surface area contributed by atoms with E-state index in [1.807, 2.05) is 37.3 Å². The zero-order valence-electron chi connectivity index (χ0n) is 13.8. The molecule has 0 saturated heterocycles. The van der Waals surface area contributed by atoms with Gasteiger partial charge in [-0.2, -0.15) is 0 Å². The van der Waals surface area contributed by atoms with Gasteiger partial charge in [0.1, 0.15) is 0 Å². The molecule has 122 valence electrons. The third-order valence-electron chi connectivity index (χ3n) is 3.19. The summed E-state index contributed by atoms with van der Waals surface area (Å²) in [7, 11) is -1.57. The smallest absolute Gasteiger partial charge is 0.423 e. The minimum Gasteiger partial charge on any atom is -0.423 e. The van der Waals surface area contributed by atoms with Crippen molar-refractivity contribution in [2.24, 2.45) is 9.98 Å². The van der Waals surface area contributed by atoms with Crippen LogP contribution in [0.3, 0.4) is 0 Å². The van der Waals surface area contributed by atoms with E-state index in [1.165, 1.54) is 18.5 Å². The number of allylic oxidation sites excluding steroid dienone is 5. The second kappa shape index (κ2) is 10.1. The van der Waals surface area contributed by atoms with E-state index < -0.39 is 7.12 Å². The molecule has 2 N–H and O–H groups in total. The molecular formula is C19H21BN2O2. The summed E-state index contributed by atoms with van der Waals surface area (Å²) in [4.78, 5) is 8.22. The van der Waals surface area contributed by atoms with E-state index in [4.69, 9.17) is 0 Å². The maximum absolute atomic E-state index is 9.35. The Kier molecular flexibility index (Phi) is 8.12. The highest BCUT2D eigenvalue weighted by Gasteiger charge is 2.12. The van der Waals surface area contributed by atoms with Crippen molar-refractivity contribution in [2.45, 2.75) is 6.92 Å². The summed E-state index contributed by atoms with van der Waals surface area (Å²) in [5.74, 6) is 0. The first kappa shape index (κ1) is 19.3. The normalized spacial score (nSPS) is 13.0. The lowest BCUT2D eigenvalue weighted by Crippen LogP contribution is -2.13. The summed E-state index contributed by atoms with van der Waals surface area (Å²) >= 11 is 0. The van der Waals surface area contributed by atoms with Gasteiger partial charge in [0.25, 0.3) is 0 Å². The Hall–Kier alpha value is -2.76. The van der Waals surface area contributed by atoms with Gasteiger partial charge in [0.2, 0.25) is 0 Å². The molecular weight excluding hydrogens is 299 g/mol. The molecule has 1 aromatic rings. The molecule has 0 aliphatic heterocycles. The van der Waals surface area contributed by atoms with Gasteiger partial charge in [0.05, 0.1) is 11.9 Å². The molecule has 0 heterocycles. The van der Waals surface area contributed by atoms with Gasteiger partial charge in [0, 0.05) is 18.0 Å². The van der Waals surface area contributed by atoms with Gasteiger partial charge in [0.15, 0.2) is 0 Å². The Labute approximate surface area is 143 Å². The summed E-state index contributed by atoms with van der Waals surface area (Å²) in [6, 6.07) is 7.67. The first-order valence-corrected chi connectivity index (χ1v) is 7.37. The van der Waals surface area contributed by atoms with Crippen LogP contribution in [-0.2, 0) is 0 Å². The minimum atomic E-state index is -1.57. The number of benzene rings is 1. The highest BCUT2D eigenvalue weighted by Crippen LogP contribution is 2.20. The molecule has 0 bridgehead atoms. The molecule has 0 aromatic heterocycles. The standard InChI is InChI=1S/C19H21BN2O2/c1-5-15(13-18(6-2)20(23)24)16-10-9-11-17(12-16)19(22-8-4)14-21-7-3/h5-14,23-24H,2-4H2,1H3/b15-5+,18-13+,21-14?,22-19?. The number of rotatable bonds is 8. The predicted octanol–water partition coefficient (Wildman–Crippen LogP) is 3.36. The molecule has 0 radical (unpaired) electrons. The Morgan fingerprint density at radius 1 is 1.12 bits per heavy atom. The molecule has 0 amide bonds. The third kappa shape index (κ3) is 5.46. The van der Waals surface area contributed by atoms with E-state index >= 15 is 0 Å². The number of hydrogen-bond acceptors (Lipinski definition) is 4. The monoisotopic (exact) mass is 320 g/mol. The van der Waals surface area contributed by atoms with Gasteiger partial charge < -0.3 is 10.0 Å². The fourth-order valence-corrected chi connectivity index (χ4v) is 2.01. The van der Waals surface area contributed by atoms with Crippen LogP contribution in [0.15, 0.2) is 90.1 Å². The van der Waals surface area contributed by atoms with Crippen molar-refractivity contribution in [1.82, 2.24) is 0 Å². The maximum atomic E-state index is 9.35. The average Bonchev–Trinajstić information content (AvgIpc) is 2.59. The van der Waals surface area contributed by atoms with Crippen LogP contribution in [0.5, 0.6) is 0 Å². The lowest BCUT2D eigenvalue weighted by molar-refractivity contribution is 0.421. The molecule has 0 aliphatic carbocycles. The van der Waals surface area contributed by atoms with Crippen LogP contribution in [0, 0.1) is 0 Å². The summed E-state index contributed by atoms with van der Waals surface area (Å²) < 4.78 is 0. The van der Waals surface area contributed by atoms with Crippen LogP contribution in [0.25, 0.3) is 5.57 Å². The molecule has 24 heavy (non-hydrogen) atoms. The highest BCUT2D eigenvalue weighted by molar-refractivity contribution is 6.52. The Balaban J connectivity index is 3.34. The van der Waals surface area contributed by atoms with Gasteiger partial charge in [-0.1, -0.05) is 56.2 Å². The van der Waals surface area contributed by atoms with Crippen LogP contribution >= 0.6 is 0 Å². The highest BCUT2D eigenvalue weighted by atomic mass is 16.4. The molecule has 0 aliphatic rings. The maximum Gasteiger partial charge on any atom is 0.488 e. The second-order valence-electron chi connectivity index (χ2n) is 4.70. The summed E-state index contributed by atoms with van der Waals surface area (Å²) in [5.41, 5.74) is 3.56. The van der Waals surface area contributed by atoms with Crippen LogP contribution in [0.4, 0.5) is 0 Å². The van der Waals surface area contributed by atoms with E-state index in [-0.39, 0.29) is 0 Å². The fourth-order valence-electron chi connectivity index (χ4n) is 2.01. The minimum absolute atomic E-state index is 0.321. The molecule has 0 unspecified atom stereocenters. The zero-order valence-corrected chi connectivity index (χ0v) is 13.8. The van der Waals surface area contributed by atoms with Gasteiger partial charge >= 0.3 is 7.12 Å². The Morgan fingerprint density at radius 3 is 2.38 bits per heavy atom. The molecule has 5 heteroatoms. The first-order chi connectivity index (χ1) is 11.6. The predicted molar refractivity (Wildman–Crippen MR) is 104 cm³/mol. The fraction of sp³-hybridized carbons (Fsp3) is 0.0526. The molecule has 1 aromatic carbocycles. The van der Waals surface area contributed by atoms with E-state index in [0.29, 0.717) is 11.2 Å². The summed E-state index contributed by atoms with van der Waals surface area (Å²) in [6.45, 7) is 12.6. The Bertz CT molecular complexity index is 729. The van der Waals surface area contributed by atoms with Crippen molar-refractivity contribution in [3.05, 3.63) is 91.2 Å². The zero-order chi connectivity index (χ0) is 17.9. The molecule has 0 atom stereocenters. The van der Waals surface area contributed by atoms with E-state index in [1.54, 1.807) is 12.3 Å². The van der Waals surface area contributed by atoms with Crippen molar-refractivity contribution in [3.8, 4) is 0 Å². The SMILES string of the molecule is C=CN=CC(=NC=C)c1cccc(C(/C=C(\C=C)B(O)O)=C/C)c1. The van der Waals surface area contributed by atoms with Crippen LogP contribution < -0.4 is 0 Å². The molecule has 0 spiro atoms. The van der Waals surface area contributed by atoms with Crippen molar-refractivity contribution in [2.75, 3.05) is 0 Å². The van der Waals surface area contributed by atoms with Crippen molar-refractivity contribution in [3.63, 3.8) is 0 Å². The Morgan fingerprint density at radius 2 is 1.83 bits per heavy atom.